The first-order chi connectivity index (χ1) is 14.1. The minimum atomic E-state index is -3.87. The molecule has 0 heterocycles. The Hall–Kier alpha value is -1.72. The van der Waals surface area contributed by atoms with Crippen LogP contribution in [0.2, 0.25) is 0 Å². The molecule has 0 aromatic rings. The van der Waals surface area contributed by atoms with Crippen LogP contribution < -0.4 is 5.32 Å². The summed E-state index contributed by atoms with van der Waals surface area (Å²) in [6.45, 7) is 9.57. The Balaban J connectivity index is 4.26. The number of hydrogen-bond acceptors (Lipinski definition) is 9. The van der Waals surface area contributed by atoms with Gasteiger partial charge in [-0.1, -0.05) is 13.8 Å². The third kappa shape index (κ3) is 13.3. The van der Waals surface area contributed by atoms with Crippen molar-refractivity contribution in [2.24, 2.45) is 10.8 Å². The number of ether oxygens (including phenoxy) is 2. The number of amides is 1. The molecule has 0 rings (SSSR count). The van der Waals surface area contributed by atoms with Crippen LogP contribution in [0.15, 0.2) is 0 Å². The highest BCUT2D eigenvalue weighted by Gasteiger charge is 2.36. The fourth-order valence-electron chi connectivity index (χ4n) is 2.05. The van der Waals surface area contributed by atoms with Crippen LogP contribution in [-0.4, -0.2) is 69.6 Å². The molecule has 0 bridgehead atoms. The number of esters is 2. The molecule has 0 aliphatic heterocycles. The molecule has 0 aromatic carbocycles. The molecule has 1 atom stereocenters. The van der Waals surface area contributed by atoms with Crippen LogP contribution in [0.25, 0.3) is 0 Å². The Labute approximate surface area is 185 Å². The predicted octanol–water partition coefficient (Wildman–Crippen LogP) is 1.16. The molecule has 182 valence electrons. The monoisotopic (exact) mass is 467 g/mol. The number of nitrogens with one attached hydrogen (secondary N) is 1. The van der Waals surface area contributed by atoms with E-state index in [1.165, 1.54) is 20.8 Å². The molecule has 0 aromatic heterocycles. The van der Waals surface area contributed by atoms with Crippen molar-refractivity contribution in [1.82, 2.24) is 5.32 Å². The van der Waals surface area contributed by atoms with Gasteiger partial charge in [0, 0.05) is 18.9 Å². The molecule has 10 nitrogen and oxygen atoms in total. The van der Waals surface area contributed by atoms with Gasteiger partial charge in [-0.2, -0.15) is 8.42 Å². The Bertz CT molecular complexity index is 696. The van der Waals surface area contributed by atoms with Crippen LogP contribution in [0, 0.1) is 10.8 Å². The van der Waals surface area contributed by atoms with E-state index in [0.29, 0.717) is 12.8 Å². The molecular formula is C20H37NO9S. The molecular weight excluding hydrogens is 430 g/mol. The van der Waals surface area contributed by atoms with Gasteiger partial charge in [-0.25, -0.2) is 4.79 Å². The van der Waals surface area contributed by atoms with Crippen LogP contribution in [-0.2, 0) is 38.2 Å². The van der Waals surface area contributed by atoms with E-state index in [-0.39, 0.29) is 43.8 Å². The van der Waals surface area contributed by atoms with Crippen molar-refractivity contribution in [2.75, 3.05) is 32.1 Å². The lowest BCUT2D eigenvalue weighted by Crippen LogP contribution is -2.41. The van der Waals surface area contributed by atoms with Crippen LogP contribution in [0.3, 0.4) is 0 Å². The topological polar surface area (TPSA) is 145 Å². The Morgan fingerprint density at radius 1 is 0.968 bits per heavy atom. The highest BCUT2D eigenvalue weighted by atomic mass is 32.2. The summed E-state index contributed by atoms with van der Waals surface area (Å²) in [6, 6.07) is 0. The van der Waals surface area contributed by atoms with E-state index in [2.05, 4.69) is 5.32 Å². The van der Waals surface area contributed by atoms with Gasteiger partial charge < -0.3 is 19.9 Å². The highest BCUT2D eigenvalue weighted by molar-refractivity contribution is 7.86. The first-order valence-corrected chi connectivity index (χ1v) is 11.8. The van der Waals surface area contributed by atoms with Gasteiger partial charge in [0.2, 0.25) is 5.91 Å². The zero-order valence-electron chi connectivity index (χ0n) is 19.4. The predicted molar refractivity (Wildman–Crippen MR) is 113 cm³/mol. The van der Waals surface area contributed by atoms with Gasteiger partial charge >= 0.3 is 11.9 Å². The second-order valence-corrected chi connectivity index (χ2v) is 10.8. The summed E-state index contributed by atoms with van der Waals surface area (Å²) in [5.41, 5.74) is -1.78. The first kappa shape index (κ1) is 29.3. The maximum absolute atomic E-state index is 12.1. The molecule has 0 saturated carbocycles. The summed E-state index contributed by atoms with van der Waals surface area (Å²) in [5.74, 6) is -1.76. The minimum Gasteiger partial charge on any atom is -0.465 e. The molecule has 0 saturated heterocycles. The van der Waals surface area contributed by atoms with E-state index in [9.17, 15) is 27.9 Å². The molecule has 0 radical (unpaired) electrons. The fraction of sp³-hybridized carbons (Fsp3) is 0.850. The van der Waals surface area contributed by atoms with E-state index >= 15 is 0 Å². The van der Waals surface area contributed by atoms with E-state index in [1.807, 2.05) is 0 Å². The summed E-state index contributed by atoms with van der Waals surface area (Å²) in [4.78, 5) is 34.5. The van der Waals surface area contributed by atoms with E-state index in [1.54, 1.807) is 20.8 Å². The van der Waals surface area contributed by atoms with Crippen molar-refractivity contribution >= 4 is 28.0 Å². The summed E-state index contributed by atoms with van der Waals surface area (Å²) < 4.78 is 38.9. The molecule has 0 fully saturated rings. The van der Waals surface area contributed by atoms with Crippen molar-refractivity contribution in [3.8, 4) is 0 Å². The van der Waals surface area contributed by atoms with Crippen molar-refractivity contribution < 1.29 is 41.6 Å². The number of unbranched alkanes of at least 4 members (excludes halogenated alkanes) is 1. The van der Waals surface area contributed by atoms with Crippen LogP contribution in [0.5, 0.6) is 0 Å². The third-order valence-electron chi connectivity index (χ3n) is 4.15. The molecule has 0 spiro atoms. The number of aliphatic hydroxyl groups excluding tert-OH is 1. The number of hydrogen-bond donors (Lipinski definition) is 2. The largest absolute Gasteiger partial charge is 0.465 e. The van der Waals surface area contributed by atoms with Crippen molar-refractivity contribution in [2.45, 2.75) is 66.9 Å². The zero-order chi connectivity index (χ0) is 24.3. The van der Waals surface area contributed by atoms with Crippen molar-refractivity contribution in [3.63, 3.8) is 0 Å². The SMILES string of the molecule is CC(=O)NCCCS(=O)(=O)OCC(C)(C)[C@@H](O)C(=O)OCCCCOC(=O)C(C)(C)C. The quantitative estimate of drug-likeness (QED) is 0.218. The zero-order valence-corrected chi connectivity index (χ0v) is 20.2. The molecule has 0 aliphatic rings. The second kappa shape index (κ2) is 13.0. The van der Waals surface area contributed by atoms with E-state index in [4.69, 9.17) is 13.7 Å². The number of rotatable bonds is 14. The number of carbonyl (C=O) groups excluding carboxylic acids is 3. The van der Waals surface area contributed by atoms with Gasteiger partial charge in [0.15, 0.2) is 6.10 Å². The summed E-state index contributed by atoms with van der Waals surface area (Å²) in [7, 11) is -3.87. The molecule has 0 aliphatic carbocycles. The van der Waals surface area contributed by atoms with Gasteiger partial charge in [0.05, 0.1) is 31.0 Å². The van der Waals surface area contributed by atoms with Gasteiger partial charge in [-0.15, -0.1) is 0 Å². The average molecular weight is 468 g/mol. The number of carbonyl (C=O) groups is 3. The Morgan fingerprint density at radius 2 is 1.52 bits per heavy atom. The lowest BCUT2D eigenvalue weighted by molar-refractivity contribution is -0.162. The van der Waals surface area contributed by atoms with Gasteiger partial charge in [-0.3, -0.25) is 13.8 Å². The second-order valence-electron chi connectivity index (χ2n) is 9.01. The molecule has 31 heavy (non-hydrogen) atoms. The fourth-order valence-corrected chi connectivity index (χ4v) is 3.15. The van der Waals surface area contributed by atoms with Gasteiger partial charge in [-0.05, 0) is 40.0 Å². The van der Waals surface area contributed by atoms with Crippen LogP contribution in [0.1, 0.15) is 60.8 Å². The lowest BCUT2D eigenvalue weighted by Gasteiger charge is -2.28. The Morgan fingerprint density at radius 3 is 2.03 bits per heavy atom. The minimum absolute atomic E-state index is 0.0291. The maximum Gasteiger partial charge on any atom is 0.335 e. The highest BCUT2D eigenvalue weighted by Crippen LogP contribution is 2.23. The molecule has 2 N–H and O–H groups in total. The molecule has 11 heteroatoms. The smallest absolute Gasteiger partial charge is 0.335 e. The van der Waals surface area contributed by atoms with Crippen LogP contribution in [0.4, 0.5) is 0 Å². The van der Waals surface area contributed by atoms with E-state index in [0.717, 1.165) is 0 Å². The average Bonchev–Trinajstić information content (AvgIpc) is 2.64. The Kier molecular flexibility index (Phi) is 12.3. The lowest BCUT2D eigenvalue weighted by atomic mass is 9.88. The maximum atomic E-state index is 12.1. The van der Waals surface area contributed by atoms with Crippen molar-refractivity contribution in [3.05, 3.63) is 0 Å². The van der Waals surface area contributed by atoms with Gasteiger partial charge in [0.25, 0.3) is 10.1 Å². The first-order valence-electron chi connectivity index (χ1n) is 10.2. The number of aliphatic hydroxyl groups is 1. The third-order valence-corrected chi connectivity index (χ3v) is 5.41. The van der Waals surface area contributed by atoms with Gasteiger partial charge in [0.1, 0.15) is 0 Å². The van der Waals surface area contributed by atoms with Crippen LogP contribution >= 0.6 is 0 Å². The summed E-state index contributed by atoms with van der Waals surface area (Å²) in [5, 5.41) is 12.7. The van der Waals surface area contributed by atoms with Crippen molar-refractivity contribution in [1.29, 1.82) is 0 Å². The molecule has 0 unspecified atom stereocenters. The summed E-state index contributed by atoms with van der Waals surface area (Å²) >= 11 is 0. The molecule has 1 amide bonds. The standard InChI is InChI=1S/C20H37NO9S/c1-15(22)21-10-9-13-31(26,27)30-14-20(5,6)16(23)17(24)28-11-7-8-12-29-18(25)19(2,3)4/h16,23H,7-14H2,1-6H3,(H,21,22)/t16-/m0/s1. The summed E-state index contributed by atoms with van der Waals surface area (Å²) in [6.07, 6.45) is -0.470. The van der Waals surface area contributed by atoms with E-state index < -0.39 is 39.6 Å². The normalized spacial score (nSPS) is 13.4.